The molecule has 0 unspecified atom stereocenters. The van der Waals surface area contributed by atoms with Crippen LogP contribution >= 0.6 is 0 Å². The number of pyridine rings is 1. The fourth-order valence-electron chi connectivity index (χ4n) is 3.45. The molecule has 0 bridgehead atoms. The molecule has 1 aliphatic rings. The zero-order valence-corrected chi connectivity index (χ0v) is 17.4. The van der Waals surface area contributed by atoms with Crippen LogP contribution in [0.5, 0.6) is 0 Å². The van der Waals surface area contributed by atoms with Crippen molar-refractivity contribution in [2.75, 3.05) is 19.1 Å². The van der Waals surface area contributed by atoms with Gasteiger partial charge in [-0.05, 0) is 42.8 Å². The first-order valence-corrected chi connectivity index (χ1v) is 9.63. The zero-order chi connectivity index (χ0) is 22.0. The van der Waals surface area contributed by atoms with Gasteiger partial charge in [0.2, 0.25) is 0 Å². The van der Waals surface area contributed by atoms with Crippen LogP contribution in [0.4, 0.5) is 5.69 Å². The summed E-state index contributed by atoms with van der Waals surface area (Å²) in [6.07, 6.45) is 10.6. The first-order valence-electron chi connectivity index (χ1n) is 9.63. The summed E-state index contributed by atoms with van der Waals surface area (Å²) < 4.78 is 11.8. The Morgan fingerprint density at radius 1 is 0.968 bits per heavy atom. The highest BCUT2D eigenvalue weighted by atomic mass is 16.5. The molecule has 7 heteroatoms. The van der Waals surface area contributed by atoms with E-state index in [-0.39, 0.29) is 11.3 Å². The van der Waals surface area contributed by atoms with Crippen molar-refractivity contribution in [1.82, 2.24) is 9.38 Å². The normalized spacial score (nSPS) is 13.5. The van der Waals surface area contributed by atoms with Crippen LogP contribution in [0.3, 0.4) is 0 Å². The zero-order valence-electron chi connectivity index (χ0n) is 17.4. The van der Waals surface area contributed by atoms with Crippen molar-refractivity contribution in [3.8, 4) is 11.3 Å². The number of esters is 2. The fourth-order valence-corrected chi connectivity index (χ4v) is 3.45. The van der Waals surface area contributed by atoms with Crippen molar-refractivity contribution in [2.24, 2.45) is 0 Å². The van der Waals surface area contributed by atoms with E-state index in [0.29, 0.717) is 5.69 Å². The summed E-state index contributed by atoms with van der Waals surface area (Å²) in [4.78, 5) is 31.1. The maximum Gasteiger partial charge on any atom is 0.355 e. The van der Waals surface area contributed by atoms with Crippen LogP contribution in [-0.2, 0) is 19.1 Å². The average molecular weight is 415 g/mol. The van der Waals surface area contributed by atoms with Crippen LogP contribution < -0.4 is 4.90 Å². The van der Waals surface area contributed by atoms with Crippen LogP contribution in [-0.4, -0.2) is 35.5 Å². The van der Waals surface area contributed by atoms with E-state index >= 15 is 0 Å². The Hall–Kier alpha value is -4.13. The molecule has 3 heterocycles. The molecular weight excluding hydrogens is 394 g/mol. The summed E-state index contributed by atoms with van der Waals surface area (Å²) in [7, 11) is 2.54. The predicted octanol–water partition coefficient (Wildman–Crippen LogP) is 3.80. The van der Waals surface area contributed by atoms with Crippen LogP contribution in [0, 0.1) is 6.92 Å². The first-order chi connectivity index (χ1) is 15.0. The summed E-state index contributed by atoms with van der Waals surface area (Å²) in [6, 6.07) is 11.6. The van der Waals surface area contributed by atoms with Gasteiger partial charge < -0.3 is 18.8 Å². The standard InChI is InChI=1S/C24H21N3O4/c1-16-7-6-13-26-15-20(25-22(16)26)17-9-11-18(12-10-17)27-14-5-4-8-19(23(28)30-2)21(27)24(29)31-3/h4-15H,1-3H3. The monoisotopic (exact) mass is 415 g/mol. The summed E-state index contributed by atoms with van der Waals surface area (Å²) in [5.41, 5.74) is 4.64. The molecule has 0 aliphatic carbocycles. The van der Waals surface area contributed by atoms with Gasteiger partial charge in [-0.3, -0.25) is 0 Å². The second-order valence-corrected chi connectivity index (χ2v) is 6.91. The predicted molar refractivity (Wildman–Crippen MR) is 117 cm³/mol. The highest BCUT2D eigenvalue weighted by Crippen LogP contribution is 2.29. The van der Waals surface area contributed by atoms with Gasteiger partial charge in [-0.15, -0.1) is 0 Å². The van der Waals surface area contributed by atoms with Gasteiger partial charge in [-0.1, -0.05) is 24.3 Å². The number of allylic oxidation sites excluding steroid dienone is 2. The first kappa shape index (κ1) is 20.2. The van der Waals surface area contributed by atoms with Crippen LogP contribution in [0.1, 0.15) is 5.56 Å². The van der Waals surface area contributed by atoms with E-state index in [1.165, 1.54) is 20.3 Å². The number of hydrogen-bond acceptors (Lipinski definition) is 6. The van der Waals surface area contributed by atoms with Gasteiger partial charge in [0.15, 0.2) is 0 Å². The molecule has 4 rings (SSSR count). The number of benzene rings is 1. The third kappa shape index (κ3) is 3.73. The Balaban J connectivity index is 1.75. The fraction of sp³-hybridized carbons (Fsp3) is 0.125. The molecule has 31 heavy (non-hydrogen) atoms. The van der Waals surface area contributed by atoms with Crippen molar-refractivity contribution in [3.05, 3.63) is 90.1 Å². The third-order valence-electron chi connectivity index (χ3n) is 5.01. The van der Waals surface area contributed by atoms with Crippen molar-refractivity contribution >= 4 is 23.3 Å². The summed E-state index contributed by atoms with van der Waals surface area (Å²) in [5, 5.41) is 0. The number of rotatable bonds is 4. The molecule has 0 radical (unpaired) electrons. The largest absolute Gasteiger partial charge is 0.465 e. The van der Waals surface area contributed by atoms with Gasteiger partial charge in [0.05, 0.1) is 25.5 Å². The van der Waals surface area contributed by atoms with E-state index < -0.39 is 11.9 Å². The van der Waals surface area contributed by atoms with E-state index in [9.17, 15) is 9.59 Å². The lowest BCUT2D eigenvalue weighted by Crippen LogP contribution is -2.26. The number of imidazole rings is 1. The highest BCUT2D eigenvalue weighted by Gasteiger charge is 2.27. The molecule has 3 aromatic rings. The second-order valence-electron chi connectivity index (χ2n) is 6.91. The Kier molecular flexibility index (Phi) is 5.41. The Labute approximate surface area is 179 Å². The van der Waals surface area contributed by atoms with E-state index in [0.717, 1.165) is 22.5 Å². The molecule has 1 aliphatic heterocycles. The molecule has 0 fully saturated rings. The molecule has 0 spiro atoms. The van der Waals surface area contributed by atoms with Crippen molar-refractivity contribution in [3.63, 3.8) is 0 Å². The summed E-state index contributed by atoms with van der Waals surface area (Å²) in [5.74, 6) is -1.27. The number of methoxy groups -OCH3 is 2. The molecule has 0 saturated heterocycles. The minimum Gasteiger partial charge on any atom is -0.465 e. The topological polar surface area (TPSA) is 73.1 Å². The second kappa shape index (κ2) is 8.31. The molecule has 7 nitrogen and oxygen atoms in total. The van der Waals surface area contributed by atoms with E-state index in [1.807, 2.05) is 60.1 Å². The van der Waals surface area contributed by atoms with Gasteiger partial charge in [-0.25, -0.2) is 14.6 Å². The third-order valence-corrected chi connectivity index (χ3v) is 5.01. The maximum absolute atomic E-state index is 12.5. The smallest absolute Gasteiger partial charge is 0.355 e. The van der Waals surface area contributed by atoms with Crippen molar-refractivity contribution in [2.45, 2.75) is 6.92 Å². The minimum atomic E-state index is -0.642. The van der Waals surface area contributed by atoms with Crippen molar-refractivity contribution in [1.29, 1.82) is 0 Å². The lowest BCUT2D eigenvalue weighted by Gasteiger charge is -2.23. The minimum absolute atomic E-state index is 0.0791. The number of ether oxygens (including phenoxy) is 2. The average Bonchev–Trinajstić information content (AvgIpc) is 3.12. The Morgan fingerprint density at radius 3 is 2.39 bits per heavy atom. The molecule has 0 N–H and O–H groups in total. The van der Waals surface area contributed by atoms with Gasteiger partial charge >= 0.3 is 11.9 Å². The van der Waals surface area contributed by atoms with Gasteiger partial charge in [0.25, 0.3) is 0 Å². The molecule has 156 valence electrons. The number of fused-ring (bicyclic) bond motifs is 1. The number of hydrogen-bond donors (Lipinski definition) is 0. The Bertz CT molecular complexity index is 1250. The van der Waals surface area contributed by atoms with Gasteiger partial charge in [0.1, 0.15) is 11.3 Å². The van der Waals surface area contributed by atoms with Crippen LogP contribution in [0.25, 0.3) is 16.9 Å². The van der Waals surface area contributed by atoms with E-state index in [1.54, 1.807) is 23.3 Å². The highest BCUT2D eigenvalue weighted by molar-refractivity contribution is 6.05. The number of carbonyl (C=O) groups excluding carboxylic acids is 2. The summed E-state index contributed by atoms with van der Waals surface area (Å²) in [6.45, 7) is 2.02. The van der Waals surface area contributed by atoms with Gasteiger partial charge in [-0.2, -0.15) is 0 Å². The van der Waals surface area contributed by atoms with Crippen LogP contribution in [0.2, 0.25) is 0 Å². The van der Waals surface area contributed by atoms with Crippen LogP contribution in [0.15, 0.2) is 84.5 Å². The number of anilines is 1. The lowest BCUT2D eigenvalue weighted by atomic mass is 10.1. The summed E-state index contributed by atoms with van der Waals surface area (Å²) >= 11 is 0. The molecule has 1 aromatic carbocycles. The molecule has 0 amide bonds. The SMILES string of the molecule is COC(=O)C1=C(C(=O)OC)N(c2ccc(-c3cn4cccc(C)c4n3)cc2)C=CC=C1. The van der Waals surface area contributed by atoms with E-state index in [2.05, 4.69) is 0 Å². The quantitative estimate of drug-likeness (QED) is 0.604. The Morgan fingerprint density at radius 2 is 1.71 bits per heavy atom. The number of nitrogens with zero attached hydrogens (tertiary/aromatic N) is 3. The molecule has 2 aromatic heterocycles. The molecule has 0 saturated carbocycles. The van der Waals surface area contributed by atoms with Gasteiger partial charge in [0, 0.05) is 29.8 Å². The van der Waals surface area contributed by atoms with Crippen molar-refractivity contribution < 1.29 is 19.1 Å². The molecule has 0 atom stereocenters. The number of aryl methyl sites for hydroxylation is 1. The van der Waals surface area contributed by atoms with E-state index in [4.69, 9.17) is 14.5 Å². The molecular formula is C24H21N3O4. The number of aromatic nitrogens is 2. The number of carbonyl (C=O) groups is 2. The lowest BCUT2D eigenvalue weighted by molar-refractivity contribution is -0.139. The maximum atomic E-state index is 12.5.